The lowest BCUT2D eigenvalue weighted by Gasteiger charge is -2.09. The van der Waals surface area contributed by atoms with Crippen molar-refractivity contribution in [2.75, 3.05) is 5.32 Å². The lowest BCUT2D eigenvalue weighted by atomic mass is 10.1. The third kappa shape index (κ3) is 5.79. The molecule has 29 heavy (non-hydrogen) atoms. The van der Waals surface area contributed by atoms with Gasteiger partial charge in [0.2, 0.25) is 11.8 Å². The van der Waals surface area contributed by atoms with Crippen LogP contribution < -0.4 is 10.6 Å². The minimum Gasteiger partial charge on any atom is -0.325 e. The van der Waals surface area contributed by atoms with Crippen LogP contribution in [0, 0.1) is 5.82 Å². The van der Waals surface area contributed by atoms with E-state index in [0.717, 1.165) is 11.8 Å². The van der Waals surface area contributed by atoms with E-state index in [1.165, 1.54) is 18.2 Å². The molecule has 1 fully saturated rings. The number of carbonyl (C=O) groups is 2. The quantitative estimate of drug-likeness (QED) is 0.518. The maximum absolute atomic E-state index is 13.0. The van der Waals surface area contributed by atoms with E-state index in [0.29, 0.717) is 32.2 Å². The molecule has 2 amide bonds. The Kier molecular flexibility index (Phi) is 6.89. The summed E-state index contributed by atoms with van der Waals surface area (Å²) in [5.41, 5.74) is 1.68. The Hall–Kier alpha value is -2.42. The predicted octanol–water partition coefficient (Wildman–Crippen LogP) is 4.47. The van der Waals surface area contributed by atoms with Crippen LogP contribution in [0.1, 0.15) is 18.9 Å². The molecular formula is C19H15Cl2FN4O2S. The van der Waals surface area contributed by atoms with E-state index in [4.69, 9.17) is 23.2 Å². The highest BCUT2D eigenvalue weighted by Gasteiger charge is 2.32. The van der Waals surface area contributed by atoms with Gasteiger partial charge >= 0.3 is 0 Å². The van der Waals surface area contributed by atoms with E-state index in [2.05, 4.69) is 20.8 Å². The summed E-state index contributed by atoms with van der Waals surface area (Å²) < 4.78 is 13.0. The van der Waals surface area contributed by atoms with Crippen molar-refractivity contribution in [2.24, 2.45) is 10.2 Å². The SMILES string of the molecule is C/C(=N/N=C1\NC(=O)[C@@H](CC(=O)Nc2ccc(Cl)cc2Cl)S1)c1ccc(F)cc1. The zero-order chi connectivity index (χ0) is 21.0. The first kappa shape index (κ1) is 21.3. The van der Waals surface area contributed by atoms with Gasteiger partial charge in [0.1, 0.15) is 11.1 Å². The van der Waals surface area contributed by atoms with Gasteiger partial charge in [0, 0.05) is 11.4 Å². The van der Waals surface area contributed by atoms with Crippen molar-refractivity contribution in [1.29, 1.82) is 0 Å². The van der Waals surface area contributed by atoms with Gasteiger partial charge < -0.3 is 10.6 Å². The summed E-state index contributed by atoms with van der Waals surface area (Å²) in [7, 11) is 0. The van der Waals surface area contributed by atoms with Gasteiger partial charge in [0.25, 0.3) is 0 Å². The van der Waals surface area contributed by atoms with Crippen molar-refractivity contribution in [1.82, 2.24) is 5.32 Å². The summed E-state index contributed by atoms with van der Waals surface area (Å²) in [6.07, 6.45) is -0.0604. The number of benzene rings is 2. The van der Waals surface area contributed by atoms with E-state index in [-0.39, 0.29) is 24.1 Å². The van der Waals surface area contributed by atoms with Gasteiger partial charge in [-0.1, -0.05) is 47.1 Å². The van der Waals surface area contributed by atoms with Crippen molar-refractivity contribution in [3.05, 3.63) is 63.9 Å². The van der Waals surface area contributed by atoms with Crippen LogP contribution in [0.3, 0.4) is 0 Å². The summed E-state index contributed by atoms with van der Waals surface area (Å²) in [4.78, 5) is 24.4. The monoisotopic (exact) mass is 452 g/mol. The highest BCUT2D eigenvalue weighted by molar-refractivity contribution is 8.15. The number of hydrogen-bond acceptors (Lipinski definition) is 5. The zero-order valence-electron chi connectivity index (χ0n) is 15.1. The van der Waals surface area contributed by atoms with Crippen molar-refractivity contribution in [3.63, 3.8) is 0 Å². The molecule has 1 heterocycles. The number of amides is 2. The van der Waals surface area contributed by atoms with Crippen molar-refractivity contribution in [3.8, 4) is 0 Å². The molecule has 6 nitrogen and oxygen atoms in total. The minimum atomic E-state index is -0.638. The molecular weight excluding hydrogens is 438 g/mol. The van der Waals surface area contributed by atoms with E-state index < -0.39 is 5.25 Å². The fourth-order valence-corrected chi connectivity index (χ4v) is 3.79. The van der Waals surface area contributed by atoms with Crippen molar-refractivity contribution in [2.45, 2.75) is 18.6 Å². The van der Waals surface area contributed by atoms with Crippen LogP contribution in [0.25, 0.3) is 0 Å². The van der Waals surface area contributed by atoms with Gasteiger partial charge in [-0.25, -0.2) is 4.39 Å². The van der Waals surface area contributed by atoms with Gasteiger partial charge in [-0.3, -0.25) is 9.59 Å². The highest BCUT2D eigenvalue weighted by atomic mass is 35.5. The fourth-order valence-electron chi connectivity index (χ4n) is 2.42. The molecule has 2 N–H and O–H groups in total. The second-order valence-electron chi connectivity index (χ2n) is 6.07. The Morgan fingerprint density at radius 2 is 1.97 bits per heavy atom. The van der Waals surface area contributed by atoms with Gasteiger partial charge in [-0.2, -0.15) is 5.10 Å². The largest absolute Gasteiger partial charge is 0.325 e. The van der Waals surface area contributed by atoms with Gasteiger partial charge in [0.15, 0.2) is 5.17 Å². The van der Waals surface area contributed by atoms with Crippen molar-refractivity contribution < 1.29 is 14.0 Å². The number of carbonyl (C=O) groups excluding carboxylic acids is 2. The predicted molar refractivity (Wildman–Crippen MR) is 115 cm³/mol. The van der Waals surface area contributed by atoms with Crippen LogP contribution in [-0.2, 0) is 9.59 Å². The molecule has 0 bridgehead atoms. The summed E-state index contributed by atoms with van der Waals surface area (Å²) in [5, 5.41) is 13.7. The number of hydrogen-bond donors (Lipinski definition) is 2. The van der Waals surface area contributed by atoms with Gasteiger partial charge in [-0.05, 0) is 42.8 Å². The number of amidine groups is 1. The number of halogens is 3. The molecule has 1 atom stereocenters. The van der Waals surface area contributed by atoms with Crippen LogP contribution in [-0.4, -0.2) is 27.9 Å². The van der Waals surface area contributed by atoms with E-state index in [1.54, 1.807) is 31.2 Å². The van der Waals surface area contributed by atoms with Crippen LogP contribution in [0.5, 0.6) is 0 Å². The molecule has 1 aliphatic heterocycles. The first-order valence-electron chi connectivity index (χ1n) is 8.42. The van der Waals surface area contributed by atoms with Gasteiger partial charge in [0.05, 0.1) is 16.4 Å². The molecule has 1 aliphatic rings. The van der Waals surface area contributed by atoms with Crippen LogP contribution in [0.4, 0.5) is 10.1 Å². The molecule has 1 saturated heterocycles. The molecule has 0 saturated carbocycles. The summed E-state index contributed by atoms with van der Waals surface area (Å²) in [6, 6.07) is 10.5. The molecule has 2 aromatic carbocycles. The topological polar surface area (TPSA) is 82.9 Å². The average molecular weight is 453 g/mol. The summed E-state index contributed by atoms with van der Waals surface area (Å²) >= 11 is 13.0. The maximum Gasteiger partial charge on any atom is 0.240 e. The zero-order valence-corrected chi connectivity index (χ0v) is 17.4. The Labute approximate surface area is 180 Å². The van der Waals surface area contributed by atoms with Crippen LogP contribution in [0.2, 0.25) is 10.0 Å². The Balaban J connectivity index is 1.60. The number of rotatable bonds is 5. The van der Waals surface area contributed by atoms with Gasteiger partial charge in [-0.15, -0.1) is 5.10 Å². The summed E-state index contributed by atoms with van der Waals surface area (Å²) in [5.74, 6) is -1.04. The number of thioether (sulfide) groups is 1. The third-order valence-electron chi connectivity index (χ3n) is 3.91. The normalized spacial score (nSPS) is 18.1. The second kappa shape index (κ2) is 9.39. The smallest absolute Gasteiger partial charge is 0.240 e. The lowest BCUT2D eigenvalue weighted by molar-refractivity contribution is -0.122. The van der Waals surface area contributed by atoms with E-state index >= 15 is 0 Å². The molecule has 0 aliphatic carbocycles. The first-order chi connectivity index (χ1) is 13.8. The minimum absolute atomic E-state index is 0.0604. The highest BCUT2D eigenvalue weighted by Crippen LogP contribution is 2.27. The Bertz CT molecular complexity index is 1010. The summed E-state index contributed by atoms with van der Waals surface area (Å²) in [6.45, 7) is 1.72. The Morgan fingerprint density at radius 1 is 1.24 bits per heavy atom. The molecule has 0 unspecified atom stereocenters. The molecule has 0 aromatic heterocycles. The third-order valence-corrected chi connectivity index (χ3v) is 5.53. The lowest BCUT2D eigenvalue weighted by Crippen LogP contribution is -2.28. The Morgan fingerprint density at radius 3 is 2.66 bits per heavy atom. The molecule has 0 spiro atoms. The maximum atomic E-state index is 13.0. The van der Waals surface area contributed by atoms with E-state index in [9.17, 15) is 14.0 Å². The average Bonchev–Trinajstić information content (AvgIpc) is 3.02. The standard InChI is InChI=1S/C19H15Cl2FN4O2S/c1-10(11-2-5-13(22)6-3-11)25-26-19-24-18(28)16(29-19)9-17(27)23-15-7-4-12(20)8-14(15)21/h2-8,16H,9H2,1H3,(H,23,27)(H,24,26,28)/b25-10-/t16-/m1/s1. The van der Waals surface area contributed by atoms with E-state index in [1.807, 2.05) is 0 Å². The fraction of sp³-hybridized carbons (Fsp3) is 0.158. The van der Waals surface area contributed by atoms with Crippen LogP contribution in [0.15, 0.2) is 52.7 Å². The number of nitrogens with zero attached hydrogens (tertiary/aromatic N) is 2. The molecule has 3 rings (SSSR count). The molecule has 0 radical (unpaired) electrons. The second-order valence-corrected chi connectivity index (χ2v) is 8.10. The molecule has 150 valence electrons. The molecule has 2 aromatic rings. The van der Waals surface area contributed by atoms with Crippen LogP contribution >= 0.6 is 35.0 Å². The number of anilines is 1. The first-order valence-corrected chi connectivity index (χ1v) is 10.1. The molecule has 10 heteroatoms. The van der Waals surface area contributed by atoms with Crippen molar-refractivity contribution >= 4 is 63.3 Å². The number of nitrogens with one attached hydrogen (secondary N) is 2.